The molecule has 0 spiro atoms. The number of carbonyl (C=O) groups excluding carboxylic acids is 1. The molecule has 0 aromatic carbocycles. The molecular formula is C23H40O3. The predicted molar refractivity (Wildman–Crippen MR) is 105 cm³/mol. The van der Waals surface area contributed by atoms with E-state index in [4.69, 9.17) is 4.74 Å². The zero-order chi connectivity index (χ0) is 19.1. The average Bonchev–Trinajstić information content (AvgIpc) is 2.97. The van der Waals surface area contributed by atoms with Crippen molar-refractivity contribution >= 4 is 5.78 Å². The topological polar surface area (TPSA) is 46.5 Å². The third kappa shape index (κ3) is 3.17. The van der Waals surface area contributed by atoms with Gasteiger partial charge < -0.3 is 9.84 Å². The summed E-state index contributed by atoms with van der Waals surface area (Å²) in [6.45, 7) is 9.07. The van der Waals surface area contributed by atoms with Crippen molar-refractivity contribution in [2.24, 2.45) is 40.4 Å². The van der Waals surface area contributed by atoms with Gasteiger partial charge in [-0.2, -0.15) is 0 Å². The fraction of sp³-hybridized carbons (Fsp3) is 0.957. The van der Waals surface area contributed by atoms with E-state index in [1.54, 1.807) is 7.11 Å². The molecule has 0 aromatic heterocycles. The molecular weight excluding hydrogens is 324 g/mol. The van der Waals surface area contributed by atoms with Crippen molar-refractivity contribution in [2.75, 3.05) is 7.11 Å². The van der Waals surface area contributed by atoms with Gasteiger partial charge in [-0.1, -0.05) is 27.2 Å². The summed E-state index contributed by atoms with van der Waals surface area (Å²) in [6.07, 6.45) is 9.88. The van der Waals surface area contributed by atoms with Crippen LogP contribution in [0.2, 0.25) is 0 Å². The van der Waals surface area contributed by atoms with E-state index >= 15 is 0 Å². The molecule has 150 valence electrons. The summed E-state index contributed by atoms with van der Waals surface area (Å²) in [5, 5.41) is 9.99. The number of fused-ring (bicyclic) bond motifs is 3. The largest absolute Gasteiger partial charge is 0.368 e. The molecule has 0 aromatic rings. The van der Waals surface area contributed by atoms with Crippen molar-refractivity contribution in [3.63, 3.8) is 0 Å². The van der Waals surface area contributed by atoms with Crippen molar-refractivity contribution in [3.05, 3.63) is 0 Å². The van der Waals surface area contributed by atoms with Crippen LogP contribution in [-0.2, 0) is 9.53 Å². The Morgan fingerprint density at radius 1 is 1.15 bits per heavy atom. The first-order valence-corrected chi connectivity index (χ1v) is 11.0. The molecule has 3 heteroatoms. The first-order valence-electron chi connectivity index (χ1n) is 11.0. The maximum Gasteiger partial charge on any atom is 0.154 e. The third-order valence-corrected chi connectivity index (χ3v) is 9.25. The van der Waals surface area contributed by atoms with Crippen molar-refractivity contribution in [2.45, 2.75) is 91.8 Å². The highest BCUT2D eigenvalue weighted by Gasteiger charge is 2.59. The van der Waals surface area contributed by atoms with Gasteiger partial charge in [-0.25, -0.2) is 0 Å². The van der Waals surface area contributed by atoms with Gasteiger partial charge in [0.15, 0.2) is 6.29 Å². The summed E-state index contributed by atoms with van der Waals surface area (Å²) in [5.41, 5.74) is 0.534. The van der Waals surface area contributed by atoms with Gasteiger partial charge >= 0.3 is 0 Å². The van der Waals surface area contributed by atoms with E-state index in [1.165, 1.54) is 38.5 Å². The molecule has 0 aliphatic heterocycles. The van der Waals surface area contributed by atoms with E-state index in [-0.39, 0.29) is 5.41 Å². The van der Waals surface area contributed by atoms with Crippen molar-refractivity contribution in [1.82, 2.24) is 0 Å². The van der Waals surface area contributed by atoms with E-state index in [0.29, 0.717) is 17.1 Å². The lowest BCUT2D eigenvalue weighted by atomic mass is 9.46. The maximum absolute atomic E-state index is 12.3. The average molecular weight is 365 g/mol. The second-order valence-corrected chi connectivity index (χ2v) is 10.1. The highest BCUT2D eigenvalue weighted by atomic mass is 16.6. The minimum atomic E-state index is -0.632. The Kier molecular flexibility index (Phi) is 5.90. The van der Waals surface area contributed by atoms with Crippen molar-refractivity contribution in [3.8, 4) is 0 Å². The number of hydrogen-bond donors (Lipinski definition) is 1. The molecule has 1 N–H and O–H groups in total. The van der Waals surface area contributed by atoms with Gasteiger partial charge in [0, 0.05) is 13.0 Å². The maximum atomic E-state index is 12.3. The van der Waals surface area contributed by atoms with Crippen LogP contribution < -0.4 is 0 Å². The van der Waals surface area contributed by atoms with Crippen LogP contribution >= 0.6 is 0 Å². The fourth-order valence-electron chi connectivity index (χ4n) is 7.82. The number of Topliss-reactive ketones (excluding diaryl/α,β-unsaturated/α-hetero) is 1. The number of ether oxygens (including phenoxy) is 1. The Morgan fingerprint density at radius 2 is 1.88 bits per heavy atom. The molecule has 8 atom stereocenters. The molecule has 0 radical (unpaired) electrons. The lowest BCUT2D eigenvalue weighted by Gasteiger charge is -2.59. The molecule has 26 heavy (non-hydrogen) atoms. The number of ketones is 1. The summed E-state index contributed by atoms with van der Waals surface area (Å²) in [4.78, 5) is 12.3. The van der Waals surface area contributed by atoms with Crippen LogP contribution in [-0.4, -0.2) is 24.3 Å². The first-order chi connectivity index (χ1) is 12.3. The predicted octanol–water partition coefficient (Wildman–Crippen LogP) is 5.21. The van der Waals surface area contributed by atoms with Crippen LogP contribution in [0.25, 0.3) is 0 Å². The lowest BCUT2D eigenvalue weighted by Crippen LogP contribution is -2.52. The van der Waals surface area contributed by atoms with Gasteiger partial charge in [0.05, 0.1) is 0 Å². The van der Waals surface area contributed by atoms with E-state index in [0.717, 1.165) is 42.9 Å². The number of aliphatic hydroxyl groups excluding tert-OH is 1. The number of hydrogen-bond acceptors (Lipinski definition) is 3. The molecule has 3 fully saturated rings. The van der Waals surface area contributed by atoms with Gasteiger partial charge in [0.2, 0.25) is 0 Å². The quantitative estimate of drug-likeness (QED) is 0.658. The molecule has 3 saturated carbocycles. The van der Waals surface area contributed by atoms with E-state index in [1.807, 2.05) is 6.92 Å². The fourth-order valence-corrected chi connectivity index (χ4v) is 7.82. The van der Waals surface area contributed by atoms with Crippen LogP contribution in [0.15, 0.2) is 0 Å². The Morgan fingerprint density at radius 3 is 2.50 bits per heavy atom. The molecule has 0 bridgehead atoms. The number of aliphatic hydroxyl groups is 1. The highest BCUT2D eigenvalue weighted by molar-refractivity contribution is 5.79. The lowest BCUT2D eigenvalue weighted by molar-refractivity contribution is -0.135. The van der Waals surface area contributed by atoms with Crippen LogP contribution in [0.1, 0.15) is 85.5 Å². The van der Waals surface area contributed by atoms with Gasteiger partial charge in [-0.3, -0.25) is 4.79 Å². The molecule has 3 aliphatic carbocycles. The molecule has 3 rings (SSSR count). The van der Waals surface area contributed by atoms with Gasteiger partial charge in [0.25, 0.3) is 0 Å². The zero-order valence-electron chi connectivity index (χ0n) is 17.6. The molecule has 3 aliphatic rings. The Hall–Kier alpha value is -0.410. The second-order valence-electron chi connectivity index (χ2n) is 10.1. The second kappa shape index (κ2) is 7.54. The van der Waals surface area contributed by atoms with Gasteiger partial charge in [-0.05, 0) is 92.8 Å². The SMILES string of the molecule is CC[C@@H]1CCC2C3CC[C@H](C(C)=O)[C@@]3(C)CCC2[C@@]1(C)CC[C@H](O)OC. The van der Waals surface area contributed by atoms with E-state index in [9.17, 15) is 9.90 Å². The van der Waals surface area contributed by atoms with E-state index < -0.39 is 6.29 Å². The van der Waals surface area contributed by atoms with Crippen LogP contribution in [0.5, 0.6) is 0 Å². The third-order valence-electron chi connectivity index (χ3n) is 9.25. The van der Waals surface area contributed by atoms with Gasteiger partial charge in [-0.15, -0.1) is 0 Å². The Labute approximate surface area is 160 Å². The Bertz CT molecular complexity index is 518. The summed E-state index contributed by atoms with van der Waals surface area (Å²) >= 11 is 0. The standard InChI is InChI=1S/C23H40O3/c1-6-16-7-8-17-19-10-9-18(15(2)24)23(19,4)13-11-20(17)22(16,3)14-12-21(25)26-5/h16-21,25H,6-14H2,1-5H3/t16-,17?,18-,19?,20?,21-,22+,23-/m1/s1. The first kappa shape index (κ1) is 20.3. The number of carbonyl (C=O) groups is 1. The van der Waals surface area contributed by atoms with E-state index in [2.05, 4.69) is 20.8 Å². The summed E-state index contributed by atoms with van der Waals surface area (Å²) in [7, 11) is 1.60. The molecule has 0 heterocycles. The minimum Gasteiger partial charge on any atom is -0.368 e. The molecule has 3 unspecified atom stereocenters. The zero-order valence-corrected chi connectivity index (χ0v) is 17.6. The van der Waals surface area contributed by atoms with Crippen LogP contribution in [0.4, 0.5) is 0 Å². The molecule has 0 saturated heterocycles. The normalized spacial score (nSPS) is 46.5. The molecule has 0 amide bonds. The van der Waals surface area contributed by atoms with Crippen molar-refractivity contribution < 1.29 is 14.6 Å². The van der Waals surface area contributed by atoms with Crippen LogP contribution in [0.3, 0.4) is 0 Å². The monoisotopic (exact) mass is 364 g/mol. The number of rotatable bonds is 6. The smallest absolute Gasteiger partial charge is 0.154 e. The minimum absolute atomic E-state index is 0.235. The Balaban J connectivity index is 1.84. The highest BCUT2D eigenvalue weighted by Crippen LogP contribution is 2.66. The van der Waals surface area contributed by atoms with Gasteiger partial charge in [0.1, 0.15) is 5.78 Å². The summed E-state index contributed by atoms with van der Waals surface area (Å²) in [6, 6.07) is 0. The molecule has 3 nitrogen and oxygen atoms in total. The number of methoxy groups -OCH3 is 1. The summed E-state index contributed by atoms with van der Waals surface area (Å²) in [5.74, 6) is 3.70. The van der Waals surface area contributed by atoms with Crippen molar-refractivity contribution in [1.29, 1.82) is 0 Å². The van der Waals surface area contributed by atoms with Crippen LogP contribution in [0, 0.1) is 40.4 Å². The summed E-state index contributed by atoms with van der Waals surface area (Å²) < 4.78 is 5.14.